The summed E-state index contributed by atoms with van der Waals surface area (Å²) < 4.78 is 0. The molecule has 0 aliphatic carbocycles. The number of rotatable bonds is 6. The molecule has 0 unspecified atom stereocenters. The van der Waals surface area contributed by atoms with Gasteiger partial charge in [0.2, 0.25) is 0 Å². The van der Waals surface area contributed by atoms with E-state index in [1.807, 2.05) is 13.8 Å². The molecule has 0 amide bonds. The van der Waals surface area contributed by atoms with Crippen molar-refractivity contribution in [2.75, 3.05) is 6.54 Å². The lowest BCUT2D eigenvalue weighted by Crippen LogP contribution is -2.39. The highest BCUT2D eigenvalue weighted by atomic mass is 16.4. The van der Waals surface area contributed by atoms with Gasteiger partial charge in [0.15, 0.2) is 0 Å². The standard InChI is InChI=1S/C10H21NO2/c1-7(2)5-9(10(12)13)11-6-8(3)4/h7-9,11H,5-6H2,1-4H3,(H,12,13)/t9-/m0/s1. The lowest BCUT2D eigenvalue weighted by atomic mass is 10.0. The van der Waals surface area contributed by atoms with Crippen LogP contribution in [0.1, 0.15) is 34.1 Å². The summed E-state index contributed by atoms with van der Waals surface area (Å²) in [6, 6.07) is -0.387. The molecule has 0 rings (SSSR count). The van der Waals surface area contributed by atoms with Crippen LogP contribution in [0.4, 0.5) is 0 Å². The highest BCUT2D eigenvalue weighted by Gasteiger charge is 2.17. The monoisotopic (exact) mass is 187 g/mol. The Hall–Kier alpha value is -0.570. The Morgan fingerprint density at radius 1 is 1.23 bits per heavy atom. The Balaban J connectivity index is 3.88. The average Bonchev–Trinajstić information content (AvgIpc) is 1.96. The van der Waals surface area contributed by atoms with Gasteiger partial charge in [-0.15, -0.1) is 0 Å². The summed E-state index contributed by atoms with van der Waals surface area (Å²) >= 11 is 0. The second-order valence-corrected chi connectivity index (χ2v) is 4.32. The average molecular weight is 187 g/mol. The largest absolute Gasteiger partial charge is 0.480 e. The zero-order chi connectivity index (χ0) is 10.4. The van der Waals surface area contributed by atoms with E-state index in [9.17, 15) is 4.79 Å². The summed E-state index contributed by atoms with van der Waals surface area (Å²) in [6.45, 7) is 8.98. The first-order chi connectivity index (χ1) is 5.93. The van der Waals surface area contributed by atoms with Crippen molar-refractivity contribution in [3.63, 3.8) is 0 Å². The lowest BCUT2D eigenvalue weighted by molar-refractivity contribution is -0.139. The molecule has 0 aliphatic rings. The fraction of sp³-hybridized carbons (Fsp3) is 0.900. The van der Waals surface area contributed by atoms with Crippen LogP contribution in [0.25, 0.3) is 0 Å². The molecule has 3 heteroatoms. The van der Waals surface area contributed by atoms with Gasteiger partial charge in [-0.3, -0.25) is 4.79 Å². The Kier molecular flexibility index (Phi) is 5.71. The first-order valence-corrected chi connectivity index (χ1v) is 4.89. The van der Waals surface area contributed by atoms with E-state index in [0.717, 1.165) is 6.54 Å². The van der Waals surface area contributed by atoms with Crippen LogP contribution < -0.4 is 5.32 Å². The van der Waals surface area contributed by atoms with E-state index in [4.69, 9.17) is 5.11 Å². The van der Waals surface area contributed by atoms with Crippen LogP contribution >= 0.6 is 0 Å². The fourth-order valence-electron chi connectivity index (χ4n) is 1.12. The number of aliphatic carboxylic acids is 1. The summed E-state index contributed by atoms with van der Waals surface area (Å²) in [6.07, 6.45) is 0.696. The molecule has 3 nitrogen and oxygen atoms in total. The maximum atomic E-state index is 10.8. The molecule has 0 saturated carbocycles. The van der Waals surface area contributed by atoms with Gasteiger partial charge in [0.1, 0.15) is 6.04 Å². The van der Waals surface area contributed by atoms with Gasteiger partial charge >= 0.3 is 5.97 Å². The third-order valence-electron chi connectivity index (χ3n) is 1.78. The van der Waals surface area contributed by atoms with Gasteiger partial charge in [0, 0.05) is 0 Å². The van der Waals surface area contributed by atoms with Gasteiger partial charge in [-0.25, -0.2) is 0 Å². The van der Waals surface area contributed by atoms with E-state index in [2.05, 4.69) is 19.2 Å². The Morgan fingerprint density at radius 2 is 1.77 bits per heavy atom. The molecular formula is C10H21NO2. The number of carboxylic acid groups (broad SMARTS) is 1. The summed E-state index contributed by atoms with van der Waals surface area (Å²) in [5, 5.41) is 11.9. The molecule has 1 atom stereocenters. The molecule has 0 aromatic heterocycles. The van der Waals surface area contributed by atoms with Crippen LogP contribution in [0, 0.1) is 11.8 Å². The maximum Gasteiger partial charge on any atom is 0.320 e. The Morgan fingerprint density at radius 3 is 2.08 bits per heavy atom. The smallest absolute Gasteiger partial charge is 0.320 e. The predicted molar refractivity (Wildman–Crippen MR) is 53.7 cm³/mol. The second-order valence-electron chi connectivity index (χ2n) is 4.32. The third-order valence-corrected chi connectivity index (χ3v) is 1.78. The third kappa shape index (κ3) is 6.58. The van der Waals surface area contributed by atoms with E-state index < -0.39 is 5.97 Å². The van der Waals surface area contributed by atoms with Crippen molar-refractivity contribution in [3.05, 3.63) is 0 Å². The molecule has 0 fully saturated rings. The molecule has 0 bridgehead atoms. The van der Waals surface area contributed by atoms with Crippen molar-refractivity contribution in [1.82, 2.24) is 5.32 Å². The zero-order valence-corrected chi connectivity index (χ0v) is 9.00. The van der Waals surface area contributed by atoms with Crippen molar-refractivity contribution >= 4 is 5.97 Å². The van der Waals surface area contributed by atoms with E-state index >= 15 is 0 Å². The van der Waals surface area contributed by atoms with Crippen LogP contribution in [0.2, 0.25) is 0 Å². The Bertz CT molecular complexity index is 155. The number of carboxylic acids is 1. The van der Waals surface area contributed by atoms with Crippen molar-refractivity contribution in [2.24, 2.45) is 11.8 Å². The SMILES string of the molecule is CC(C)CN[C@@H](CC(C)C)C(=O)O. The maximum absolute atomic E-state index is 10.8. The molecule has 0 saturated heterocycles. The molecule has 0 spiro atoms. The molecular weight excluding hydrogens is 166 g/mol. The van der Waals surface area contributed by atoms with Gasteiger partial charge in [-0.2, -0.15) is 0 Å². The molecule has 0 radical (unpaired) electrons. The lowest BCUT2D eigenvalue weighted by Gasteiger charge is -2.17. The van der Waals surface area contributed by atoms with Gasteiger partial charge < -0.3 is 10.4 Å². The number of hydrogen-bond acceptors (Lipinski definition) is 2. The van der Waals surface area contributed by atoms with Crippen molar-refractivity contribution < 1.29 is 9.90 Å². The number of hydrogen-bond donors (Lipinski definition) is 2. The van der Waals surface area contributed by atoms with Crippen LogP contribution in [-0.4, -0.2) is 23.7 Å². The van der Waals surface area contributed by atoms with Crippen LogP contribution in [0.3, 0.4) is 0 Å². The normalized spacial score (nSPS) is 13.7. The van der Waals surface area contributed by atoms with Gasteiger partial charge in [-0.05, 0) is 24.8 Å². The molecule has 0 aromatic rings. The van der Waals surface area contributed by atoms with Crippen LogP contribution in [0.15, 0.2) is 0 Å². The van der Waals surface area contributed by atoms with E-state index in [0.29, 0.717) is 18.3 Å². The summed E-state index contributed by atoms with van der Waals surface area (Å²) in [5.41, 5.74) is 0. The van der Waals surface area contributed by atoms with Gasteiger partial charge in [0.25, 0.3) is 0 Å². The molecule has 0 aromatic carbocycles. The molecule has 0 aliphatic heterocycles. The molecule has 13 heavy (non-hydrogen) atoms. The Labute approximate surface area is 80.5 Å². The second kappa shape index (κ2) is 5.97. The minimum atomic E-state index is -0.741. The van der Waals surface area contributed by atoms with Crippen LogP contribution in [0.5, 0.6) is 0 Å². The van der Waals surface area contributed by atoms with E-state index in [1.165, 1.54) is 0 Å². The zero-order valence-electron chi connectivity index (χ0n) is 9.00. The molecule has 0 heterocycles. The summed E-state index contributed by atoms with van der Waals surface area (Å²) in [5.74, 6) is 0.170. The summed E-state index contributed by atoms with van der Waals surface area (Å²) in [4.78, 5) is 10.8. The van der Waals surface area contributed by atoms with Crippen molar-refractivity contribution in [2.45, 2.75) is 40.2 Å². The first-order valence-electron chi connectivity index (χ1n) is 4.89. The van der Waals surface area contributed by atoms with Crippen molar-refractivity contribution in [1.29, 1.82) is 0 Å². The summed E-state index contributed by atoms with van der Waals surface area (Å²) in [7, 11) is 0. The highest BCUT2D eigenvalue weighted by molar-refractivity contribution is 5.73. The van der Waals surface area contributed by atoms with Crippen molar-refractivity contribution in [3.8, 4) is 0 Å². The molecule has 78 valence electrons. The minimum absolute atomic E-state index is 0.387. The van der Waals surface area contributed by atoms with E-state index in [1.54, 1.807) is 0 Å². The van der Waals surface area contributed by atoms with Crippen LogP contribution in [-0.2, 0) is 4.79 Å². The fourth-order valence-corrected chi connectivity index (χ4v) is 1.12. The van der Waals surface area contributed by atoms with Gasteiger partial charge in [0.05, 0.1) is 0 Å². The quantitative estimate of drug-likeness (QED) is 0.665. The highest BCUT2D eigenvalue weighted by Crippen LogP contribution is 2.05. The predicted octanol–water partition coefficient (Wildman–Crippen LogP) is 1.73. The minimum Gasteiger partial charge on any atom is -0.480 e. The van der Waals surface area contributed by atoms with E-state index in [-0.39, 0.29) is 6.04 Å². The number of carbonyl (C=O) groups is 1. The topological polar surface area (TPSA) is 49.3 Å². The first kappa shape index (κ1) is 12.4. The van der Waals surface area contributed by atoms with Gasteiger partial charge in [-0.1, -0.05) is 27.7 Å². The number of nitrogens with one attached hydrogen (secondary N) is 1. The molecule has 2 N–H and O–H groups in total.